The summed E-state index contributed by atoms with van der Waals surface area (Å²) in [7, 11) is 0. The van der Waals surface area contributed by atoms with Crippen LogP contribution >= 0.6 is 11.8 Å². The van der Waals surface area contributed by atoms with Gasteiger partial charge in [-0.05, 0) is 24.5 Å². The van der Waals surface area contributed by atoms with Gasteiger partial charge >= 0.3 is 11.6 Å². The van der Waals surface area contributed by atoms with E-state index in [-0.39, 0.29) is 12.6 Å². The van der Waals surface area contributed by atoms with Crippen LogP contribution in [0.2, 0.25) is 0 Å². The fourth-order valence-corrected chi connectivity index (χ4v) is 2.64. The molecule has 0 saturated carbocycles. The second-order valence-electron chi connectivity index (χ2n) is 5.44. The standard InChI is InChI=1S/C19H24O7S/c1-3-18(20)25-11-9-23-7-6-22-8-10-24-16-13-19(21)26-17-12-14(27-2)4-5-15(16)17/h4-5,12-13H,3,6-11H2,1-2H3. The van der Waals surface area contributed by atoms with Gasteiger partial charge in [0.25, 0.3) is 0 Å². The molecule has 1 heterocycles. The number of rotatable bonds is 12. The van der Waals surface area contributed by atoms with Crippen LogP contribution in [0.5, 0.6) is 5.75 Å². The van der Waals surface area contributed by atoms with E-state index in [0.29, 0.717) is 50.8 Å². The van der Waals surface area contributed by atoms with Crippen LogP contribution in [0.1, 0.15) is 13.3 Å². The zero-order valence-corrected chi connectivity index (χ0v) is 16.3. The molecule has 1 aromatic heterocycles. The van der Waals surface area contributed by atoms with Crippen molar-refractivity contribution in [2.24, 2.45) is 0 Å². The van der Waals surface area contributed by atoms with Crippen molar-refractivity contribution in [2.45, 2.75) is 18.2 Å². The molecule has 0 unspecified atom stereocenters. The molecule has 0 aliphatic rings. The molecule has 0 fully saturated rings. The molecule has 0 N–H and O–H groups in total. The molecule has 0 amide bonds. The number of hydrogen-bond donors (Lipinski definition) is 0. The van der Waals surface area contributed by atoms with Crippen LogP contribution in [0.4, 0.5) is 0 Å². The first-order valence-electron chi connectivity index (χ1n) is 8.70. The molecule has 1 aromatic carbocycles. The summed E-state index contributed by atoms with van der Waals surface area (Å²) in [6.45, 7) is 3.80. The number of esters is 1. The van der Waals surface area contributed by atoms with Crippen molar-refractivity contribution in [3.05, 3.63) is 34.7 Å². The third-order valence-electron chi connectivity index (χ3n) is 3.55. The molecule has 7 nitrogen and oxygen atoms in total. The van der Waals surface area contributed by atoms with Crippen molar-refractivity contribution >= 4 is 28.7 Å². The normalized spacial score (nSPS) is 10.9. The van der Waals surface area contributed by atoms with Crippen LogP contribution in [-0.2, 0) is 19.0 Å². The Kier molecular flexibility index (Phi) is 9.17. The highest BCUT2D eigenvalue weighted by molar-refractivity contribution is 7.98. The lowest BCUT2D eigenvalue weighted by Gasteiger charge is -2.10. The molecule has 0 bridgehead atoms. The predicted molar refractivity (Wildman–Crippen MR) is 103 cm³/mol. The Hall–Kier alpha value is -2.03. The van der Waals surface area contributed by atoms with Crippen LogP contribution in [0.25, 0.3) is 11.0 Å². The quantitative estimate of drug-likeness (QED) is 0.234. The fourth-order valence-electron chi connectivity index (χ4n) is 2.21. The molecule has 2 rings (SSSR count). The van der Waals surface area contributed by atoms with E-state index in [1.807, 2.05) is 24.5 Å². The number of carbonyl (C=O) groups excluding carboxylic acids is 1. The molecule has 0 radical (unpaired) electrons. The molecule has 2 aromatic rings. The van der Waals surface area contributed by atoms with E-state index in [4.69, 9.17) is 23.4 Å². The predicted octanol–water partition coefficient (Wildman–Crippen LogP) is 2.88. The van der Waals surface area contributed by atoms with Gasteiger partial charge in [0, 0.05) is 11.3 Å². The molecular weight excluding hydrogens is 372 g/mol. The largest absolute Gasteiger partial charge is 0.490 e. The molecule has 0 aliphatic carbocycles. The first-order valence-corrected chi connectivity index (χ1v) is 9.92. The van der Waals surface area contributed by atoms with Crippen molar-refractivity contribution < 1.29 is 28.2 Å². The fraction of sp³-hybridized carbons (Fsp3) is 0.474. The number of thioether (sulfide) groups is 1. The van der Waals surface area contributed by atoms with E-state index in [2.05, 4.69) is 0 Å². The van der Waals surface area contributed by atoms with E-state index in [1.165, 1.54) is 6.07 Å². The first-order chi connectivity index (χ1) is 13.1. The highest BCUT2D eigenvalue weighted by Gasteiger charge is 2.07. The smallest absolute Gasteiger partial charge is 0.339 e. The molecule has 8 heteroatoms. The first kappa shape index (κ1) is 21.3. The maximum atomic E-state index is 11.7. The van der Waals surface area contributed by atoms with Crippen LogP contribution < -0.4 is 10.4 Å². The van der Waals surface area contributed by atoms with E-state index >= 15 is 0 Å². The van der Waals surface area contributed by atoms with Gasteiger partial charge in [0.05, 0.1) is 37.9 Å². The Balaban J connectivity index is 1.67. The van der Waals surface area contributed by atoms with Crippen LogP contribution in [0.15, 0.2) is 38.4 Å². The average molecular weight is 396 g/mol. The summed E-state index contributed by atoms with van der Waals surface area (Å²) in [5.74, 6) is 0.241. The van der Waals surface area contributed by atoms with Gasteiger partial charge < -0.3 is 23.4 Å². The zero-order chi connectivity index (χ0) is 19.5. The maximum Gasteiger partial charge on any atom is 0.339 e. The maximum absolute atomic E-state index is 11.7. The van der Waals surface area contributed by atoms with Crippen LogP contribution in [-0.4, -0.2) is 51.9 Å². The van der Waals surface area contributed by atoms with Gasteiger partial charge in [-0.3, -0.25) is 4.79 Å². The zero-order valence-electron chi connectivity index (χ0n) is 15.5. The Morgan fingerprint density at radius 3 is 2.44 bits per heavy atom. The van der Waals surface area contributed by atoms with E-state index in [9.17, 15) is 9.59 Å². The minimum Gasteiger partial charge on any atom is -0.490 e. The molecular formula is C19H24O7S. The topological polar surface area (TPSA) is 84.2 Å². The van der Waals surface area contributed by atoms with E-state index in [1.54, 1.807) is 18.7 Å². The van der Waals surface area contributed by atoms with Gasteiger partial charge in [-0.15, -0.1) is 11.8 Å². The van der Waals surface area contributed by atoms with Gasteiger partial charge in [-0.2, -0.15) is 0 Å². The number of fused-ring (bicyclic) bond motifs is 1. The number of carbonyl (C=O) groups is 1. The van der Waals surface area contributed by atoms with Crippen molar-refractivity contribution in [1.29, 1.82) is 0 Å². The third-order valence-corrected chi connectivity index (χ3v) is 4.28. The second-order valence-corrected chi connectivity index (χ2v) is 6.32. The van der Waals surface area contributed by atoms with Gasteiger partial charge in [-0.25, -0.2) is 4.79 Å². The van der Waals surface area contributed by atoms with Gasteiger partial charge in [0.2, 0.25) is 0 Å². The van der Waals surface area contributed by atoms with Gasteiger partial charge in [-0.1, -0.05) is 6.92 Å². The molecule has 0 saturated heterocycles. The molecule has 148 valence electrons. The highest BCUT2D eigenvalue weighted by Crippen LogP contribution is 2.27. The van der Waals surface area contributed by atoms with Crippen molar-refractivity contribution in [3.63, 3.8) is 0 Å². The highest BCUT2D eigenvalue weighted by atomic mass is 32.2. The SMILES string of the molecule is CCC(=O)OCCOCCOCCOc1cc(=O)oc2cc(SC)ccc12. The Labute approximate surface area is 161 Å². The lowest BCUT2D eigenvalue weighted by Crippen LogP contribution is -2.14. The molecule has 27 heavy (non-hydrogen) atoms. The lowest BCUT2D eigenvalue weighted by molar-refractivity contribution is -0.144. The molecule has 0 atom stereocenters. The molecule has 0 spiro atoms. The number of benzene rings is 1. The summed E-state index contributed by atoms with van der Waals surface area (Å²) < 4.78 is 26.5. The number of ether oxygens (including phenoxy) is 4. The summed E-state index contributed by atoms with van der Waals surface area (Å²) in [6, 6.07) is 6.98. The summed E-state index contributed by atoms with van der Waals surface area (Å²) >= 11 is 1.57. The monoisotopic (exact) mass is 396 g/mol. The third kappa shape index (κ3) is 7.24. The average Bonchev–Trinajstić information content (AvgIpc) is 2.68. The van der Waals surface area contributed by atoms with Gasteiger partial charge in [0.1, 0.15) is 24.5 Å². The Bertz CT molecular complexity index is 787. The van der Waals surface area contributed by atoms with Crippen LogP contribution in [0.3, 0.4) is 0 Å². The van der Waals surface area contributed by atoms with Crippen LogP contribution in [0, 0.1) is 0 Å². The Morgan fingerprint density at radius 1 is 1.04 bits per heavy atom. The Morgan fingerprint density at radius 2 is 1.74 bits per heavy atom. The summed E-state index contributed by atoms with van der Waals surface area (Å²) in [6.07, 6.45) is 2.32. The van der Waals surface area contributed by atoms with Crippen molar-refractivity contribution in [2.75, 3.05) is 45.9 Å². The number of hydrogen-bond acceptors (Lipinski definition) is 8. The van der Waals surface area contributed by atoms with E-state index in [0.717, 1.165) is 10.3 Å². The van der Waals surface area contributed by atoms with E-state index < -0.39 is 5.63 Å². The second kappa shape index (κ2) is 11.6. The minimum absolute atomic E-state index is 0.237. The van der Waals surface area contributed by atoms with Gasteiger partial charge in [0.15, 0.2) is 0 Å². The molecule has 0 aliphatic heterocycles. The summed E-state index contributed by atoms with van der Waals surface area (Å²) in [5, 5.41) is 0.748. The van der Waals surface area contributed by atoms with Crippen molar-refractivity contribution in [1.82, 2.24) is 0 Å². The summed E-state index contributed by atoms with van der Waals surface area (Å²) in [4.78, 5) is 23.6. The minimum atomic E-state index is -0.450. The van der Waals surface area contributed by atoms with Crippen molar-refractivity contribution in [3.8, 4) is 5.75 Å². The summed E-state index contributed by atoms with van der Waals surface area (Å²) in [5.41, 5.74) is 0.0521. The lowest BCUT2D eigenvalue weighted by atomic mass is 10.2.